The summed E-state index contributed by atoms with van der Waals surface area (Å²) in [6.45, 7) is 4.60. The molecule has 2 bridgehead atoms. The first kappa shape index (κ1) is 21.2. The van der Waals surface area contributed by atoms with E-state index < -0.39 is 10.8 Å². The van der Waals surface area contributed by atoms with Crippen molar-refractivity contribution >= 4 is 11.9 Å². The number of esters is 2. The number of ether oxygens (including phenoxy) is 2. The highest BCUT2D eigenvalue weighted by Gasteiger charge is 2.67. The first-order valence-corrected chi connectivity index (χ1v) is 12.2. The number of hydrogen-bond acceptors (Lipinski definition) is 4. The molecular formula is C30H28O4. The zero-order valence-electron chi connectivity index (χ0n) is 19.5. The van der Waals surface area contributed by atoms with E-state index >= 15 is 0 Å². The summed E-state index contributed by atoms with van der Waals surface area (Å²) >= 11 is 0. The molecule has 0 aromatic heterocycles. The lowest BCUT2D eigenvalue weighted by Crippen LogP contribution is -2.59. The van der Waals surface area contributed by atoms with Crippen molar-refractivity contribution in [3.63, 3.8) is 0 Å². The minimum Gasteiger partial charge on any atom is -0.461 e. The van der Waals surface area contributed by atoms with Crippen LogP contribution in [0, 0.1) is 10.8 Å². The third kappa shape index (κ3) is 2.60. The van der Waals surface area contributed by atoms with Gasteiger partial charge in [-0.3, -0.25) is 0 Å². The van der Waals surface area contributed by atoms with Crippen LogP contribution in [0.2, 0.25) is 0 Å². The number of cyclic esters (lactones) is 2. The number of hydrogen-bond donors (Lipinski definition) is 0. The molecule has 1 saturated carbocycles. The molecule has 172 valence electrons. The van der Waals surface area contributed by atoms with Crippen molar-refractivity contribution in [2.45, 2.75) is 38.5 Å². The van der Waals surface area contributed by atoms with Gasteiger partial charge in [0.2, 0.25) is 0 Å². The minimum absolute atomic E-state index is 0.0916. The van der Waals surface area contributed by atoms with Crippen molar-refractivity contribution in [1.29, 1.82) is 0 Å². The van der Waals surface area contributed by atoms with Crippen LogP contribution in [0.25, 0.3) is 0 Å². The molecule has 4 heteroatoms. The summed E-state index contributed by atoms with van der Waals surface area (Å²) < 4.78 is 11.8. The van der Waals surface area contributed by atoms with Crippen molar-refractivity contribution < 1.29 is 19.1 Å². The largest absolute Gasteiger partial charge is 0.461 e. The topological polar surface area (TPSA) is 52.6 Å². The standard InChI is InChI=1S/C30H28O4/c1-3-21-25-23(19-11-7-5-8-12-19)30-16-15-29(25,17-33-27(21)31)24(20-13-9-6-10-14-20)26(30)22(4-2)28(32)34-18-30/h5-16,23-24H,3-4,17-18H2,1-2H3/t23-,24-,29+,30+/m1/s1. The van der Waals surface area contributed by atoms with Gasteiger partial charge in [-0.25, -0.2) is 9.59 Å². The first-order valence-electron chi connectivity index (χ1n) is 12.2. The van der Waals surface area contributed by atoms with Crippen LogP contribution >= 0.6 is 0 Å². The predicted molar refractivity (Wildman–Crippen MR) is 129 cm³/mol. The molecule has 2 spiro atoms. The second-order valence-corrected chi connectivity index (χ2v) is 9.75. The van der Waals surface area contributed by atoms with E-state index in [1.54, 1.807) is 0 Å². The lowest BCUT2D eigenvalue weighted by molar-refractivity contribution is -0.149. The summed E-state index contributed by atoms with van der Waals surface area (Å²) in [5.74, 6) is -0.623. The number of carbonyl (C=O) groups is 2. The molecule has 5 aliphatic rings. The van der Waals surface area contributed by atoms with Crippen LogP contribution in [0.3, 0.4) is 0 Å². The van der Waals surface area contributed by atoms with Crippen LogP contribution in [-0.4, -0.2) is 25.2 Å². The number of benzene rings is 2. The SMILES string of the molecule is CCC1=C2[C@@H](c3ccccc3)[C@@]34C=C[C@]2(COC1=O)[C@H](c1ccccc1)C3=C(CC)C(=O)OC4. The van der Waals surface area contributed by atoms with E-state index in [0.29, 0.717) is 12.8 Å². The van der Waals surface area contributed by atoms with E-state index in [9.17, 15) is 9.59 Å². The summed E-state index contributed by atoms with van der Waals surface area (Å²) in [4.78, 5) is 26.2. The molecule has 2 heterocycles. The Hall–Kier alpha value is -3.40. The highest BCUT2D eigenvalue weighted by molar-refractivity contribution is 5.95. The van der Waals surface area contributed by atoms with Gasteiger partial charge in [0.15, 0.2) is 0 Å². The molecule has 0 N–H and O–H groups in total. The Kier molecular flexibility index (Phi) is 4.70. The van der Waals surface area contributed by atoms with Crippen LogP contribution < -0.4 is 0 Å². The normalized spacial score (nSPS) is 31.7. The van der Waals surface area contributed by atoms with E-state index in [0.717, 1.165) is 33.4 Å². The summed E-state index contributed by atoms with van der Waals surface area (Å²) in [6, 6.07) is 20.8. The fourth-order valence-corrected chi connectivity index (χ4v) is 7.01. The maximum Gasteiger partial charge on any atom is 0.334 e. The quantitative estimate of drug-likeness (QED) is 0.445. The molecule has 0 amide bonds. The van der Waals surface area contributed by atoms with Gasteiger partial charge in [-0.15, -0.1) is 0 Å². The predicted octanol–water partition coefficient (Wildman–Crippen LogP) is 5.64. The molecule has 34 heavy (non-hydrogen) atoms. The van der Waals surface area contributed by atoms with Crippen molar-refractivity contribution in [2.75, 3.05) is 13.2 Å². The summed E-state index contributed by atoms with van der Waals surface area (Å²) in [6.07, 6.45) is 5.73. The van der Waals surface area contributed by atoms with E-state index in [4.69, 9.17) is 9.47 Å². The maximum absolute atomic E-state index is 13.1. The average Bonchev–Trinajstić information content (AvgIpc) is 2.88. The fourth-order valence-electron chi connectivity index (χ4n) is 7.01. The Labute approximate surface area is 200 Å². The molecule has 3 aliphatic carbocycles. The Morgan fingerprint density at radius 3 is 1.41 bits per heavy atom. The number of rotatable bonds is 4. The maximum atomic E-state index is 13.1. The summed E-state index contributed by atoms with van der Waals surface area (Å²) in [5, 5.41) is 0. The molecule has 4 atom stereocenters. The molecule has 2 aliphatic heterocycles. The third-order valence-corrected chi connectivity index (χ3v) is 8.29. The van der Waals surface area contributed by atoms with Gasteiger partial charge in [0.05, 0.1) is 10.8 Å². The molecule has 4 nitrogen and oxygen atoms in total. The third-order valence-electron chi connectivity index (χ3n) is 8.29. The molecule has 0 radical (unpaired) electrons. The molecule has 2 aromatic rings. The van der Waals surface area contributed by atoms with Gasteiger partial charge in [-0.2, -0.15) is 0 Å². The Morgan fingerprint density at radius 1 is 0.676 bits per heavy atom. The van der Waals surface area contributed by atoms with Gasteiger partial charge in [-0.05, 0) is 35.1 Å². The fraction of sp³-hybridized carbons (Fsp3) is 0.333. The second kappa shape index (κ2) is 7.56. The van der Waals surface area contributed by atoms with Crippen molar-refractivity contribution in [3.05, 3.63) is 106 Å². The highest BCUT2D eigenvalue weighted by atomic mass is 16.5. The van der Waals surface area contributed by atoms with Crippen molar-refractivity contribution in [1.82, 2.24) is 0 Å². The molecule has 0 unspecified atom stereocenters. The van der Waals surface area contributed by atoms with Gasteiger partial charge in [0, 0.05) is 23.0 Å². The van der Waals surface area contributed by atoms with Crippen LogP contribution in [0.4, 0.5) is 0 Å². The van der Waals surface area contributed by atoms with Crippen molar-refractivity contribution in [3.8, 4) is 0 Å². The monoisotopic (exact) mass is 452 g/mol. The van der Waals surface area contributed by atoms with E-state index in [1.807, 2.05) is 50.2 Å². The van der Waals surface area contributed by atoms with Crippen LogP contribution in [0.1, 0.15) is 49.7 Å². The number of carbonyl (C=O) groups excluding carboxylic acids is 2. The van der Waals surface area contributed by atoms with Gasteiger partial charge in [0.1, 0.15) is 13.2 Å². The first-order chi connectivity index (χ1) is 16.6. The lowest BCUT2D eigenvalue weighted by atomic mass is 9.41. The molecule has 0 saturated heterocycles. The molecule has 2 aromatic carbocycles. The highest BCUT2D eigenvalue weighted by Crippen LogP contribution is 2.72. The van der Waals surface area contributed by atoms with E-state index in [2.05, 4.69) is 36.4 Å². The minimum atomic E-state index is -0.532. The zero-order valence-corrected chi connectivity index (χ0v) is 19.5. The average molecular weight is 453 g/mol. The summed E-state index contributed by atoms with van der Waals surface area (Å²) in [7, 11) is 0. The molecule has 7 rings (SSSR count). The van der Waals surface area contributed by atoms with Crippen LogP contribution in [-0.2, 0) is 19.1 Å². The van der Waals surface area contributed by atoms with Gasteiger partial charge >= 0.3 is 11.9 Å². The Morgan fingerprint density at radius 2 is 1.06 bits per heavy atom. The molecular weight excluding hydrogens is 424 g/mol. The zero-order chi connectivity index (χ0) is 23.5. The van der Waals surface area contributed by atoms with Gasteiger partial charge in [0.25, 0.3) is 0 Å². The Bertz CT molecular complexity index is 1170. The van der Waals surface area contributed by atoms with Gasteiger partial charge in [-0.1, -0.05) is 86.7 Å². The molecule has 1 fully saturated rings. The van der Waals surface area contributed by atoms with Crippen LogP contribution in [0.15, 0.2) is 95.1 Å². The van der Waals surface area contributed by atoms with E-state index in [1.165, 1.54) is 0 Å². The van der Waals surface area contributed by atoms with Crippen molar-refractivity contribution in [2.24, 2.45) is 10.8 Å². The van der Waals surface area contributed by atoms with E-state index in [-0.39, 0.29) is 37.0 Å². The second-order valence-electron chi connectivity index (χ2n) is 9.75. The smallest absolute Gasteiger partial charge is 0.334 e. The Balaban J connectivity index is 1.77. The lowest BCUT2D eigenvalue weighted by Gasteiger charge is -2.63. The summed E-state index contributed by atoms with van der Waals surface area (Å²) in [5.41, 5.74) is 5.04. The van der Waals surface area contributed by atoms with Crippen LogP contribution in [0.5, 0.6) is 0 Å². The van der Waals surface area contributed by atoms with Gasteiger partial charge < -0.3 is 9.47 Å².